The van der Waals surface area contributed by atoms with Crippen LogP contribution in [0, 0.1) is 3.57 Å². The largest absolute Gasteiger partial charge is 0.469 e. The minimum Gasteiger partial charge on any atom is -0.469 e. The maximum absolute atomic E-state index is 12.8. The number of hydrogen-bond acceptors (Lipinski definition) is 4. The van der Waals surface area contributed by atoms with Crippen LogP contribution in [0.25, 0.3) is 0 Å². The summed E-state index contributed by atoms with van der Waals surface area (Å²) in [6, 6.07) is 0. The summed E-state index contributed by atoms with van der Waals surface area (Å²) in [5, 5.41) is 0. The van der Waals surface area contributed by atoms with Gasteiger partial charge in [-0.15, -0.1) is 0 Å². The van der Waals surface area contributed by atoms with Crippen molar-refractivity contribution in [1.29, 1.82) is 0 Å². The molecule has 0 aromatic carbocycles. The zero-order chi connectivity index (χ0) is 12.3. The summed E-state index contributed by atoms with van der Waals surface area (Å²) in [6.07, 6.45) is -1.75. The number of carbonyl (C=O) groups excluding carboxylic acids is 1. The van der Waals surface area contributed by atoms with Crippen molar-refractivity contribution in [2.75, 3.05) is 12.8 Å². The van der Waals surface area contributed by atoms with Gasteiger partial charge < -0.3 is 10.5 Å². The minimum absolute atomic E-state index is 0.000417. The van der Waals surface area contributed by atoms with Crippen LogP contribution in [0.5, 0.6) is 0 Å². The fraction of sp³-hybridized carbons (Fsp3) is 0.333. The maximum Gasteiger partial charge on any atom is 0.311 e. The molecule has 7 heteroatoms. The van der Waals surface area contributed by atoms with E-state index in [1.54, 1.807) is 22.6 Å². The van der Waals surface area contributed by atoms with Gasteiger partial charge in [0.2, 0.25) is 0 Å². The Bertz CT molecular complexity index is 413. The van der Waals surface area contributed by atoms with Crippen LogP contribution in [-0.2, 0) is 16.0 Å². The van der Waals surface area contributed by atoms with E-state index in [-0.39, 0.29) is 26.9 Å². The molecule has 1 aromatic heterocycles. The predicted molar refractivity (Wildman–Crippen MR) is 62.0 cm³/mol. The zero-order valence-corrected chi connectivity index (χ0v) is 10.5. The van der Waals surface area contributed by atoms with E-state index in [0.29, 0.717) is 0 Å². The van der Waals surface area contributed by atoms with Crippen molar-refractivity contribution in [1.82, 2.24) is 4.98 Å². The van der Waals surface area contributed by atoms with E-state index >= 15 is 0 Å². The molecule has 16 heavy (non-hydrogen) atoms. The third-order valence-corrected chi connectivity index (χ3v) is 3.12. The number of alkyl halides is 2. The van der Waals surface area contributed by atoms with Crippen LogP contribution in [0.2, 0.25) is 0 Å². The van der Waals surface area contributed by atoms with Crippen LogP contribution in [0.3, 0.4) is 0 Å². The lowest BCUT2D eigenvalue weighted by molar-refractivity contribution is -0.139. The Hall–Kier alpha value is -0.990. The summed E-state index contributed by atoms with van der Waals surface area (Å²) in [5.74, 6) is -0.616. The van der Waals surface area contributed by atoms with Gasteiger partial charge in [0, 0.05) is 3.57 Å². The average molecular weight is 342 g/mol. The molecule has 1 rings (SSSR count). The fourth-order valence-corrected chi connectivity index (χ4v) is 1.81. The molecule has 0 aliphatic heterocycles. The summed E-state index contributed by atoms with van der Waals surface area (Å²) in [6.45, 7) is 0. The van der Waals surface area contributed by atoms with Gasteiger partial charge in [-0.3, -0.25) is 9.78 Å². The molecule has 0 radical (unpaired) electrons. The van der Waals surface area contributed by atoms with E-state index in [2.05, 4.69) is 9.72 Å². The van der Waals surface area contributed by atoms with Crippen molar-refractivity contribution in [3.8, 4) is 0 Å². The highest BCUT2D eigenvalue weighted by Gasteiger charge is 2.21. The smallest absolute Gasteiger partial charge is 0.311 e. The van der Waals surface area contributed by atoms with Gasteiger partial charge in [-0.05, 0) is 22.6 Å². The predicted octanol–water partition coefficient (Wildman–Crippen LogP) is 1.92. The van der Waals surface area contributed by atoms with Gasteiger partial charge in [0.05, 0.1) is 36.7 Å². The lowest BCUT2D eigenvalue weighted by Crippen LogP contribution is -2.11. The number of rotatable bonds is 3. The molecule has 0 amide bonds. The number of nitrogen functional groups attached to an aromatic ring is 1. The van der Waals surface area contributed by atoms with Crippen molar-refractivity contribution in [2.45, 2.75) is 12.8 Å². The second-order valence-electron chi connectivity index (χ2n) is 2.94. The van der Waals surface area contributed by atoms with Crippen molar-refractivity contribution in [3.63, 3.8) is 0 Å². The molecule has 0 aliphatic rings. The van der Waals surface area contributed by atoms with Gasteiger partial charge in [-0.25, -0.2) is 8.78 Å². The van der Waals surface area contributed by atoms with Gasteiger partial charge in [0.1, 0.15) is 0 Å². The van der Waals surface area contributed by atoms with E-state index in [1.165, 1.54) is 13.3 Å². The molecule has 1 aromatic rings. The zero-order valence-electron chi connectivity index (χ0n) is 8.34. The second-order valence-corrected chi connectivity index (χ2v) is 4.02. The Morgan fingerprint density at radius 3 is 2.81 bits per heavy atom. The fourth-order valence-electron chi connectivity index (χ4n) is 1.13. The third-order valence-electron chi connectivity index (χ3n) is 1.92. The first kappa shape index (κ1) is 13.1. The average Bonchev–Trinajstić information content (AvgIpc) is 2.23. The van der Waals surface area contributed by atoms with Gasteiger partial charge in [-0.1, -0.05) is 0 Å². The maximum atomic E-state index is 12.8. The molecular formula is C9H9F2IN2O2. The van der Waals surface area contributed by atoms with Gasteiger partial charge in [0.25, 0.3) is 6.43 Å². The number of esters is 1. The highest BCUT2D eigenvalue weighted by Crippen LogP contribution is 2.30. The summed E-state index contributed by atoms with van der Waals surface area (Å²) in [5.41, 5.74) is 5.34. The lowest BCUT2D eigenvalue weighted by atomic mass is 10.1. The van der Waals surface area contributed by atoms with Crippen LogP contribution >= 0.6 is 22.6 Å². The van der Waals surface area contributed by atoms with E-state index in [9.17, 15) is 13.6 Å². The molecule has 2 N–H and O–H groups in total. The highest BCUT2D eigenvalue weighted by atomic mass is 127. The topological polar surface area (TPSA) is 65.2 Å². The first-order valence-corrected chi connectivity index (χ1v) is 5.33. The van der Waals surface area contributed by atoms with E-state index < -0.39 is 12.4 Å². The second kappa shape index (κ2) is 5.37. The van der Waals surface area contributed by atoms with E-state index in [1.807, 2.05) is 0 Å². The Balaban J connectivity index is 3.18. The first-order valence-electron chi connectivity index (χ1n) is 4.25. The van der Waals surface area contributed by atoms with Gasteiger partial charge in [0.15, 0.2) is 0 Å². The summed E-state index contributed by atoms with van der Waals surface area (Å²) in [7, 11) is 1.19. The number of pyridine rings is 1. The van der Waals surface area contributed by atoms with E-state index in [0.717, 1.165) is 0 Å². The van der Waals surface area contributed by atoms with Crippen molar-refractivity contribution in [3.05, 3.63) is 21.0 Å². The Labute approximate surface area is 104 Å². The molecule has 0 unspecified atom stereocenters. The van der Waals surface area contributed by atoms with Crippen molar-refractivity contribution in [2.24, 2.45) is 0 Å². The van der Waals surface area contributed by atoms with Crippen molar-refractivity contribution < 1.29 is 18.3 Å². The number of ether oxygens (including phenoxy) is 1. The number of halogens is 3. The number of aromatic nitrogens is 1. The molecule has 0 atom stereocenters. The molecule has 1 heterocycles. The van der Waals surface area contributed by atoms with Crippen LogP contribution in [-0.4, -0.2) is 18.1 Å². The molecule has 0 aliphatic carbocycles. The first-order chi connectivity index (χ1) is 7.47. The molecule has 88 valence electrons. The van der Waals surface area contributed by atoms with Crippen LogP contribution in [0.1, 0.15) is 17.7 Å². The summed E-state index contributed by atoms with van der Waals surface area (Å²) in [4.78, 5) is 14.7. The van der Waals surface area contributed by atoms with E-state index in [4.69, 9.17) is 5.73 Å². The Morgan fingerprint density at radius 1 is 1.69 bits per heavy atom. The lowest BCUT2D eigenvalue weighted by Gasteiger charge is -2.10. The molecule has 0 fully saturated rings. The molecule has 4 nitrogen and oxygen atoms in total. The standard InChI is InChI=1S/C9H9F2IN2O2/c1-16-6(15)2-5-7(9(10)11)8(12)4(13)3-14-5/h3,9H,2,13H2,1H3. The SMILES string of the molecule is COC(=O)Cc1ncc(N)c(I)c1C(F)F. The third kappa shape index (κ3) is 2.77. The van der Waals surface area contributed by atoms with Crippen LogP contribution in [0.4, 0.5) is 14.5 Å². The number of carbonyl (C=O) groups is 1. The molecule has 0 spiro atoms. The molecule has 0 saturated heterocycles. The highest BCUT2D eigenvalue weighted by molar-refractivity contribution is 14.1. The number of hydrogen-bond donors (Lipinski definition) is 1. The van der Waals surface area contributed by atoms with Crippen molar-refractivity contribution >= 4 is 34.2 Å². The van der Waals surface area contributed by atoms with Crippen LogP contribution < -0.4 is 5.73 Å². The van der Waals surface area contributed by atoms with Gasteiger partial charge in [-0.2, -0.15) is 0 Å². The summed E-state index contributed by atoms with van der Waals surface area (Å²) < 4.78 is 30.2. The van der Waals surface area contributed by atoms with Crippen LogP contribution in [0.15, 0.2) is 6.20 Å². The number of anilines is 1. The molecule has 0 saturated carbocycles. The Morgan fingerprint density at radius 2 is 2.31 bits per heavy atom. The Kier molecular flexibility index (Phi) is 4.39. The molecule has 0 bridgehead atoms. The normalized spacial score (nSPS) is 10.6. The quantitative estimate of drug-likeness (QED) is 0.673. The summed E-state index contributed by atoms with van der Waals surface area (Å²) >= 11 is 1.71. The number of nitrogens with zero attached hydrogens (tertiary/aromatic N) is 1. The number of methoxy groups -OCH3 is 1. The van der Waals surface area contributed by atoms with Gasteiger partial charge >= 0.3 is 5.97 Å². The molecular weight excluding hydrogens is 333 g/mol. The monoisotopic (exact) mass is 342 g/mol. The minimum atomic E-state index is -2.72. The number of nitrogens with two attached hydrogens (primary N) is 1.